The highest BCUT2D eigenvalue weighted by molar-refractivity contribution is 6.02. The molecule has 0 spiro atoms. The van der Waals surface area contributed by atoms with Crippen molar-refractivity contribution in [2.45, 2.75) is 25.6 Å². The Labute approximate surface area is 267 Å². The summed E-state index contributed by atoms with van der Waals surface area (Å²) in [5.74, 6) is -0.333. The molecular formula is C33H31F3N2O9. The molecule has 3 rings (SSSR count). The summed E-state index contributed by atoms with van der Waals surface area (Å²) in [6, 6.07) is 11.8. The van der Waals surface area contributed by atoms with Gasteiger partial charge in [0.15, 0.2) is 34.4 Å². The van der Waals surface area contributed by atoms with Gasteiger partial charge in [-0.1, -0.05) is 24.3 Å². The van der Waals surface area contributed by atoms with Crippen LogP contribution in [-0.4, -0.2) is 48.7 Å². The minimum atomic E-state index is -5.02. The van der Waals surface area contributed by atoms with Crippen molar-refractivity contribution >= 4 is 35.2 Å². The molecule has 2 N–H and O–H groups in total. The number of alkyl halides is 3. The van der Waals surface area contributed by atoms with Gasteiger partial charge in [0.1, 0.15) is 11.3 Å². The molecule has 11 nitrogen and oxygen atoms in total. The van der Waals surface area contributed by atoms with Crippen LogP contribution in [-0.2, 0) is 15.8 Å². The van der Waals surface area contributed by atoms with Gasteiger partial charge >= 0.3 is 6.18 Å². The van der Waals surface area contributed by atoms with Gasteiger partial charge in [-0.2, -0.15) is 13.2 Å². The summed E-state index contributed by atoms with van der Waals surface area (Å²) >= 11 is 0. The molecule has 0 unspecified atom stereocenters. The number of allylic oxidation sites excluding steroid dienone is 3. The Morgan fingerprint density at radius 3 is 1.94 bits per heavy atom. The first-order valence-electron chi connectivity index (χ1n) is 13.6. The third-order valence-electron chi connectivity index (χ3n) is 6.44. The minimum absolute atomic E-state index is 0.105. The molecule has 14 heteroatoms. The number of nitro benzene ring substituents is 1. The van der Waals surface area contributed by atoms with Crippen LogP contribution in [0.3, 0.4) is 0 Å². The first-order chi connectivity index (χ1) is 22.1. The maximum Gasteiger partial charge on any atom is 0.423 e. The van der Waals surface area contributed by atoms with E-state index in [1.807, 2.05) is 0 Å². The van der Waals surface area contributed by atoms with Crippen LogP contribution in [0.4, 0.5) is 24.5 Å². The summed E-state index contributed by atoms with van der Waals surface area (Å²) in [5.41, 5.74) is -3.43. The summed E-state index contributed by atoms with van der Waals surface area (Å²) in [5, 5.41) is 23.5. The molecule has 47 heavy (non-hydrogen) atoms. The van der Waals surface area contributed by atoms with Crippen LogP contribution < -0.4 is 24.3 Å². The van der Waals surface area contributed by atoms with Gasteiger partial charge in [0.25, 0.3) is 11.6 Å². The largest absolute Gasteiger partial charge is 0.508 e. The van der Waals surface area contributed by atoms with E-state index in [0.717, 1.165) is 12.1 Å². The monoisotopic (exact) mass is 656 g/mol. The summed E-state index contributed by atoms with van der Waals surface area (Å²) in [6.45, 7) is 2.73. The van der Waals surface area contributed by atoms with E-state index in [9.17, 15) is 38.0 Å². The van der Waals surface area contributed by atoms with Crippen molar-refractivity contribution in [3.63, 3.8) is 0 Å². The molecule has 0 fully saturated rings. The number of ketones is 1. The molecule has 0 saturated heterocycles. The maximum atomic E-state index is 13.3. The lowest BCUT2D eigenvalue weighted by Gasteiger charge is -2.26. The van der Waals surface area contributed by atoms with Crippen molar-refractivity contribution in [1.82, 2.24) is 0 Å². The van der Waals surface area contributed by atoms with E-state index in [4.69, 9.17) is 18.9 Å². The molecule has 0 heterocycles. The predicted octanol–water partition coefficient (Wildman–Crippen LogP) is 7.17. The van der Waals surface area contributed by atoms with Crippen LogP contribution in [0.15, 0.2) is 78.6 Å². The third-order valence-corrected chi connectivity index (χ3v) is 6.44. The minimum Gasteiger partial charge on any atom is -0.508 e. The molecule has 3 aromatic carbocycles. The number of hydrogen-bond acceptors (Lipinski definition) is 9. The van der Waals surface area contributed by atoms with Crippen molar-refractivity contribution in [2.24, 2.45) is 0 Å². The van der Waals surface area contributed by atoms with Crippen LogP contribution >= 0.6 is 0 Å². The quantitative estimate of drug-likeness (QED) is 0.0642. The normalized spacial score (nSPS) is 12.2. The standard InChI is InChI=1S/C33H31F3N2O9/c1-32(2,31(41)37-22-10-13-26(38(42)43)25(18-22)33(34,35)36)47-28-15-9-21(17-30(28)46-5)7-12-24(40)19-23(39)11-6-20-8-14-27(44-3)29(16-20)45-4/h6-19,39H,1-5H3,(H,37,41)/b11-6+,12-7+,23-19?. The number of halogens is 3. The third kappa shape index (κ3) is 9.60. The smallest absolute Gasteiger partial charge is 0.423 e. The lowest BCUT2D eigenvalue weighted by atomic mass is 10.1. The number of nitrogens with one attached hydrogen (secondary N) is 1. The highest BCUT2D eigenvalue weighted by atomic mass is 19.4. The topological polar surface area (TPSA) is 146 Å². The number of methoxy groups -OCH3 is 3. The van der Waals surface area contributed by atoms with Crippen molar-refractivity contribution in [1.29, 1.82) is 0 Å². The Morgan fingerprint density at radius 1 is 0.830 bits per heavy atom. The maximum absolute atomic E-state index is 13.3. The molecule has 0 bridgehead atoms. The molecule has 0 atom stereocenters. The van der Waals surface area contributed by atoms with E-state index < -0.39 is 39.6 Å². The molecule has 0 aliphatic carbocycles. The molecular weight excluding hydrogens is 625 g/mol. The summed E-state index contributed by atoms with van der Waals surface area (Å²) in [6.07, 6.45) is 1.60. The average molecular weight is 657 g/mol. The Morgan fingerprint density at radius 2 is 1.38 bits per heavy atom. The van der Waals surface area contributed by atoms with Gasteiger partial charge < -0.3 is 29.4 Å². The van der Waals surface area contributed by atoms with Gasteiger partial charge in [-0.25, -0.2) is 0 Å². The highest BCUT2D eigenvalue weighted by Gasteiger charge is 2.39. The van der Waals surface area contributed by atoms with Crippen molar-refractivity contribution in [3.8, 4) is 23.0 Å². The second kappa shape index (κ2) is 15.0. The number of carbonyl (C=O) groups excluding carboxylic acids is 2. The Hall–Kier alpha value is -5.79. The number of carbonyl (C=O) groups is 2. The molecule has 248 valence electrons. The first kappa shape index (κ1) is 35.7. The number of nitrogens with zero attached hydrogens (tertiary/aromatic N) is 1. The summed E-state index contributed by atoms with van der Waals surface area (Å²) in [4.78, 5) is 35.2. The zero-order valence-electron chi connectivity index (χ0n) is 25.9. The molecule has 0 aromatic heterocycles. The average Bonchev–Trinajstić information content (AvgIpc) is 3.02. The molecule has 0 saturated carbocycles. The fourth-order valence-electron chi connectivity index (χ4n) is 4.03. The number of amides is 1. The fraction of sp³-hybridized carbons (Fsp3) is 0.212. The highest BCUT2D eigenvalue weighted by Crippen LogP contribution is 2.38. The van der Waals surface area contributed by atoms with Gasteiger partial charge in [-0.05, 0) is 73.5 Å². The SMILES string of the molecule is COc1ccc(/C=C/C(O)=CC(=O)/C=C/c2ccc(OC(C)(C)C(=O)Nc3ccc([N+](=O)[O-])c(C(F)(F)F)c3)c(OC)c2)cc1OC. The van der Waals surface area contributed by atoms with Gasteiger partial charge in [0.2, 0.25) is 0 Å². The molecule has 0 aliphatic heterocycles. The van der Waals surface area contributed by atoms with Crippen molar-refractivity contribution in [2.75, 3.05) is 26.6 Å². The second-order valence-electron chi connectivity index (χ2n) is 10.2. The number of nitro groups is 1. The molecule has 0 aliphatic rings. The van der Waals surface area contributed by atoms with Gasteiger partial charge in [0, 0.05) is 17.8 Å². The number of ether oxygens (including phenoxy) is 4. The lowest BCUT2D eigenvalue weighted by molar-refractivity contribution is -0.388. The lowest BCUT2D eigenvalue weighted by Crippen LogP contribution is -2.42. The van der Waals surface area contributed by atoms with E-state index in [2.05, 4.69) is 5.32 Å². The molecule has 1 amide bonds. The van der Waals surface area contributed by atoms with Crippen LogP contribution in [0.5, 0.6) is 23.0 Å². The van der Waals surface area contributed by atoms with E-state index >= 15 is 0 Å². The first-order valence-corrected chi connectivity index (χ1v) is 13.6. The van der Waals surface area contributed by atoms with Crippen LogP contribution in [0.2, 0.25) is 0 Å². The number of benzene rings is 3. The van der Waals surface area contributed by atoms with E-state index in [0.29, 0.717) is 34.8 Å². The number of anilines is 1. The Bertz CT molecular complexity index is 1750. The second-order valence-corrected chi connectivity index (χ2v) is 10.2. The van der Waals surface area contributed by atoms with E-state index in [1.165, 1.54) is 65.5 Å². The predicted molar refractivity (Wildman–Crippen MR) is 168 cm³/mol. The number of rotatable bonds is 13. The zero-order valence-corrected chi connectivity index (χ0v) is 25.9. The summed E-state index contributed by atoms with van der Waals surface area (Å²) < 4.78 is 61.6. The fourth-order valence-corrected chi connectivity index (χ4v) is 4.03. The van der Waals surface area contributed by atoms with Crippen LogP contribution in [0.25, 0.3) is 12.2 Å². The molecule has 0 radical (unpaired) electrons. The zero-order chi connectivity index (χ0) is 34.9. The number of aliphatic hydroxyl groups is 1. The van der Waals surface area contributed by atoms with E-state index in [-0.39, 0.29) is 22.9 Å². The van der Waals surface area contributed by atoms with Crippen LogP contribution in [0.1, 0.15) is 30.5 Å². The van der Waals surface area contributed by atoms with Gasteiger partial charge in [0.05, 0.1) is 26.3 Å². The van der Waals surface area contributed by atoms with E-state index in [1.54, 1.807) is 30.3 Å². The molecule has 3 aromatic rings. The van der Waals surface area contributed by atoms with Crippen molar-refractivity contribution < 1.29 is 51.7 Å². The van der Waals surface area contributed by atoms with Gasteiger partial charge in [-0.15, -0.1) is 0 Å². The van der Waals surface area contributed by atoms with Crippen molar-refractivity contribution in [3.05, 3.63) is 105 Å². The summed E-state index contributed by atoms with van der Waals surface area (Å²) in [7, 11) is 4.35. The number of aliphatic hydroxyl groups excluding tert-OH is 1. The number of hydrogen-bond donors (Lipinski definition) is 2. The Balaban J connectivity index is 1.70. The van der Waals surface area contributed by atoms with Crippen LogP contribution in [0, 0.1) is 10.1 Å². The van der Waals surface area contributed by atoms with Gasteiger partial charge in [-0.3, -0.25) is 19.7 Å². The Kier molecular flexibility index (Phi) is 11.4.